The van der Waals surface area contributed by atoms with E-state index in [2.05, 4.69) is 4.74 Å². The molecule has 0 bridgehead atoms. The summed E-state index contributed by atoms with van der Waals surface area (Å²) in [5.74, 6) is -2.65. The molecule has 1 saturated heterocycles. The van der Waals surface area contributed by atoms with Gasteiger partial charge in [0, 0.05) is 37.9 Å². The highest BCUT2D eigenvalue weighted by Gasteiger charge is 2.57. The van der Waals surface area contributed by atoms with Crippen LogP contribution in [0.5, 0.6) is 0 Å². The molecule has 0 aromatic carbocycles. The second-order valence-corrected chi connectivity index (χ2v) is 7.11. The van der Waals surface area contributed by atoms with Crippen molar-refractivity contribution in [2.24, 2.45) is 5.41 Å². The number of rotatable bonds is 6. The Morgan fingerprint density at radius 2 is 1.70 bits per heavy atom. The largest absolute Gasteiger partial charge is 0.522 e. The second-order valence-electron chi connectivity index (χ2n) is 7.11. The molecule has 0 unspecified atom stereocenters. The lowest BCUT2D eigenvalue weighted by Gasteiger charge is -2.50. The summed E-state index contributed by atoms with van der Waals surface area (Å²) in [5, 5.41) is 0. The molecule has 1 heterocycles. The molecule has 2 aliphatic rings. The Hall–Kier alpha value is -0.470. The van der Waals surface area contributed by atoms with E-state index in [1.54, 1.807) is 0 Å². The van der Waals surface area contributed by atoms with Gasteiger partial charge in [0.2, 0.25) is 5.92 Å². The zero-order chi connectivity index (χ0) is 17.3. The van der Waals surface area contributed by atoms with Gasteiger partial charge in [-0.15, -0.1) is 13.2 Å². The van der Waals surface area contributed by atoms with E-state index < -0.39 is 23.8 Å². The molecule has 0 amide bonds. The predicted molar refractivity (Wildman–Crippen MR) is 74.3 cm³/mol. The van der Waals surface area contributed by atoms with Crippen LogP contribution < -0.4 is 0 Å². The van der Waals surface area contributed by atoms with E-state index in [0.29, 0.717) is 19.6 Å². The molecular formula is C15H24F5NO2. The number of likely N-dealkylation sites (tertiary alicyclic amines) is 1. The van der Waals surface area contributed by atoms with E-state index in [9.17, 15) is 22.0 Å². The van der Waals surface area contributed by atoms with Crippen LogP contribution in [0.25, 0.3) is 0 Å². The minimum absolute atomic E-state index is 0.0352. The monoisotopic (exact) mass is 345 g/mol. The normalized spacial score (nSPS) is 25.6. The van der Waals surface area contributed by atoms with Crippen molar-refractivity contribution in [3.8, 4) is 0 Å². The molecule has 0 radical (unpaired) electrons. The van der Waals surface area contributed by atoms with Crippen molar-refractivity contribution in [2.75, 3.05) is 26.2 Å². The fourth-order valence-corrected chi connectivity index (χ4v) is 3.50. The van der Waals surface area contributed by atoms with Gasteiger partial charge in [0.15, 0.2) is 0 Å². The number of hydrogen-bond donors (Lipinski definition) is 0. The smallest absolute Gasteiger partial charge is 0.378 e. The minimum Gasteiger partial charge on any atom is -0.378 e. The summed E-state index contributed by atoms with van der Waals surface area (Å²) in [6.45, 7) is 5.26. The number of piperidine rings is 1. The predicted octanol–water partition coefficient (Wildman–Crippen LogP) is 3.83. The van der Waals surface area contributed by atoms with Gasteiger partial charge in [0.25, 0.3) is 0 Å². The lowest BCUT2D eigenvalue weighted by Crippen LogP contribution is -2.56. The van der Waals surface area contributed by atoms with Gasteiger partial charge in [0.05, 0.1) is 18.8 Å². The highest BCUT2D eigenvalue weighted by Crippen LogP contribution is 2.52. The van der Waals surface area contributed by atoms with Crippen molar-refractivity contribution in [2.45, 2.75) is 64.0 Å². The maximum atomic E-state index is 13.3. The summed E-state index contributed by atoms with van der Waals surface area (Å²) in [6, 6.07) is 0. The summed E-state index contributed by atoms with van der Waals surface area (Å²) in [4.78, 5) is 1.95. The first-order chi connectivity index (χ1) is 10.5. The van der Waals surface area contributed by atoms with Crippen LogP contribution in [0.1, 0.15) is 39.5 Å². The molecule has 1 aliphatic heterocycles. The molecule has 8 heteroatoms. The number of hydrogen-bond acceptors (Lipinski definition) is 3. The number of ether oxygens (including phenoxy) is 2. The third kappa shape index (κ3) is 5.83. The standard InChI is InChI=1S/C15H24F5NO2/c1-11(2)22-10-13(7-14(16,17)8-13)9-21-5-3-12(4-6-21)23-15(18,19)20/h11-12H,3-10H2,1-2H3. The van der Waals surface area contributed by atoms with Crippen LogP contribution in [0.4, 0.5) is 22.0 Å². The van der Waals surface area contributed by atoms with Crippen molar-refractivity contribution in [1.82, 2.24) is 4.90 Å². The van der Waals surface area contributed by atoms with Crippen molar-refractivity contribution < 1.29 is 31.4 Å². The van der Waals surface area contributed by atoms with Gasteiger partial charge in [-0.2, -0.15) is 0 Å². The van der Waals surface area contributed by atoms with Crippen LogP contribution in [0.3, 0.4) is 0 Å². The van der Waals surface area contributed by atoms with Gasteiger partial charge < -0.3 is 9.64 Å². The van der Waals surface area contributed by atoms with E-state index in [1.165, 1.54) is 0 Å². The van der Waals surface area contributed by atoms with Crippen molar-refractivity contribution >= 4 is 0 Å². The third-order valence-corrected chi connectivity index (χ3v) is 4.38. The highest BCUT2D eigenvalue weighted by atomic mass is 19.4. The van der Waals surface area contributed by atoms with Gasteiger partial charge in [-0.05, 0) is 26.7 Å². The van der Waals surface area contributed by atoms with E-state index in [-0.39, 0.29) is 38.4 Å². The number of halogens is 5. The molecule has 2 rings (SSSR count). The maximum Gasteiger partial charge on any atom is 0.522 e. The van der Waals surface area contributed by atoms with E-state index in [0.717, 1.165) is 0 Å². The number of alkyl halides is 5. The molecule has 23 heavy (non-hydrogen) atoms. The molecular weight excluding hydrogens is 321 g/mol. The third-order valence-electron chi connectivity index (χ3n) is 4.38. The first-order valence-electron chi connectivity index (χ1n) is 7.95. The molecule has 3 nitrogen and oxygen atoms in total. The van der Waals surface area contributed by atoms with Crippen molar-refractivity contribution in [3.63, 3.8) is 0 Å². The second kappa shape index (κ2) is 6.80. The molecule has 2 fully saturated rings. The average Bonchev–Trinajstić information content (AvgIpc) is 2.35. The van der Waals surface area contributed by atoms with Crippen molar-refractivity contribution in [1.29, 1.82) is 0 Å². The van der Waals surface area contributed by atoms with Gasteiger partial charge in [-0.3, -0.25) is 4.74 Å². The maximum absolute atomic E-state index is 13.3. The SMILES string of the molecule is CC(C)OCC1(CN2CCC(OC(F)(F)F)CC2)CC(F)(F)C1. The van der Waals surface area contributed by atoms with Crippen LogP contribution in [0.15, 0.2) is 0 Å². The van der Waals surface area contributed by atoms with Gasteiger partial charge in [0.1, 0.15) is 0 Å². The summed E-state index contributed by atoms with van der Waals surface area (Å²) in [6.07, 6.45) is -5.40. The topological polar surface area (TPSA) is 21.7 Å². The minimum atomic E-state index is -4.62. The lowest BCUT2D eigenvalue weighted by molar-refractivity contribution is -0.346. The average molecular weight is 345 g/mol. The zero-order valence-electron chi connectivity index (χ0n) is 13.5. The van der Waals surface area contributed by atoms with E-state index in [4.69, 9.17) is 4.74 Å². The first-order valence-corrected chi connectivity index (χ1v) is 7.95. The molecule has 0 aromatic heterocycles. The molecule has 1 saturated carbocycles. The van der Waals surface area contributed by atoms with Crippen LogP contribution in [0.2, 0.25) is 0 Å². The first kappa shape index (κ1) is 18.9. The summed E-state index contributed by atoms with van der Waals surface area (Å²) in [7, 11) is 0. The fraction of sp³-hybridized carbons (Fsp3) is 1.00. The van der Waals surface area contributed by atoms with E-state index >= 15 is 0 Å². The lowest BCUT2D eigenvalue weighted by atomic mass is 9.66. The van der Waals surface area contributed by atoms with Gasteiger partial charge in [-0.1, -0.05) is 0 Å². The zero-order valence-corrected chi connectivity index (χ0v) is 13.5. The van der Waals surface area contributed by atoms with Crippen LogP contribution in [-0.2, 0) is 9.47 Å². The molecule has 0 spiro atoms. The number of nitrogens with zero attached hydrogens (tertiary/aromatic N) is 1. The molecule has 0 aromatic rings. The Morgan fingerprint density at radius 3 is 2.13 bits per heavy atom. The Kier molecular flexibility index (Phi) is 5.58. The summed E-state index contributed by atoms with van der Waals surface area (Å²) < 4.78 is 72.9. The van der Waals surface area contributed by atoms with Crippen LogP contribution in [-0.4, -0.2) is 55.6 Å². The Bertz CT molecular complexity index is 384. The fourth-order valence-electron chi connectivity index (χ4n) is 3.50. The molecule has 0 atom stereocenters. The molecule has 0 N–H and O–H groups in total. The molecule has 1 aliphatic carbocycles. The Morgan fingerprint density at radius 1 is 1.13 bits per heavy atom. The van der Waals surface area contributed by atoms with Crippen LogP contribution in [0, 0.1) is 5.41 Å². The van der Waals surface area contributed by atoms with Gasteiger partial charge >= 0.3 is 6.36 Å². The van der Waals surface area contributed by atoms with Crippen molar-refractivity contribution in [3.05, 3.63) is 0 Å². The van der Waals surface area contributed by atoms with E-state index in [1.807, 2.05) is 18.7 Å². The van der Waals surface area contributed by atoms with Crippen LogP contribution >= 0.6 is 0 Å². The van der Waals surface area contributed by atoms with Gasteiger partial charge in [-0.25, -0.2) is 8.78 Å². The highest BCUT2D eigenvalue weighted by molar-refractivity contribution is 5.01. The quantitative estimate of drug-likeness (QED) is 0.683. The Labute approximate surface area is 133 Å². The Balaban J connectivity index is 1.82. The summed E-state index contributed by atoms with van der Waals surface area (Å²) in [5.41, 5.74) is -0.592. The molecule has 136 valence electrons. The summed E-state index contributed by atoms with van der Waals surface area (Å²) >= 11 is 0.